The van der Waals surface area contributed by atoms with Gasteiger partial charge in [0.25, 0.3) is 0 Å². The summed E-state index contributed by atoms with van der Waals surface area (Å²) in [6, 6.07) is 5.84. The Morgan fingerprint density at radius 1 is 1.26 bits per heavy atom. The molecule has 5 atom stereocenters. The molecule has 162 valence electrons. The lowest BCUT2D eigenvalue weighted by Crippen LogP contribution is -2.55. The smallest absolute Gasteiger partial charge is 0.147 e. The van der Waals surface area contributed by atoms with Crippen molar-refractivity contribution < 1.29 is 20.1 Å². The second-order valence-electron chi connectivity index (χ2n) is 6.66. The number of halogens is 2. The lowest BCUT2D eigenvalue weighted by Gasteiger charge is -2.41. The summed E-state index contributed by atoms with van der Waals surface area (Å²) >= 11 is 14.3. The van der Waals surface area contributed by atoms with Crippen LogP contribution in [0.5, 0.6) is 0 Å². The Morgan fingerprint density at radius 2 is 2.06 bits per heavy atom. The molecule has 9 nitrogen and oxygen atoms in total. The zero-order valence-electron chi connectivity index (χ0n) is 15.5. The van der Waals surface area contributed by atoms with E-state index in [0.717, 1.165) is 11.8 Å². The largest absolute Gasteiger partial charge is 0.394 e. The van der Waals surface area contributed by atoms with Crippen molar-refractivity contribution in [2.24, 2.45) is 0 Å². The van der Waals surface area contributed by atoms with Gasteiger partial charge in [0.15, 0.2) is 0 Å². The molecule has 1 aliphatic heterocycles. The number of nitriles is 1. The van der Waals surface area contributed by atoms with Crippen molar-refractivity contribution in [1.29, 1.82) is 5.26 Å². The molecule has 3 N–H and O–H groups in total. The third kappa shape index (κ3) is 4.72. The van der Waals surface area contributed by atoms with E-state index < -0.39 is 36.4 Å². The fraction of sp³-hybridized carbons (Fsp3) is 0.333. The molecule has 0 radical (unpaired) electrons. The first-order chi connectivity index (χ1) is 14.9. The first-order valence-electron chi connectivity index (χ1n) is 8.92. The van der Waals surface area contributed by atoms with Gasteiger partial charge in [0.05, 0.1) is 24.4 Å². The molecule has 0 amide bonds. The van der Waals surface area contributed by atoms with Gasteiger partial charge in [-0.05, 0) is 18.2 Å². The summed E-state index contributed by atoms with van der Waals surface area (Å²) in [5.41, 5.74) is -0.0859. The standard InChI is InChI=1S/C18H15Cl2N5O4S2/c19-9-1-8(4-21)2-10(3-9)31-18-16(28)14(15(27)12(6-26)29-18)25-5-11(23-24-25)17-22-13(20)7-30-17/h1-3,5,7,12,14-16,18,26-28H,6H2/t12?,14-,15-,16?,18+/m0/s1. The van der Waals surface area contributed by atoms with Gasteiger partial charge in [0.1, 0.15) is 45.6 Å². The summed E-state index contributed by atoms with van der Waals surface area (Å²) in [4.78, 5) is 4.73. The van der Waals surface area contributed by atoms with Crippen molar-refractivity contribution in [3.63, 3.8) is 0 Å². The Hall–Kier alpha value is -1.75. The van der Waals surface area contributed by atoms with E-state index in [4.69, 9.17) is 33.2 Å². The fourth-order valence-corrected chi connectivity index (χ4v) is 5.55. The maximum absolute atomic E-state index is 11.0. The summed E-state index contributed by atoms with van der Waals surface area (Å²) in [5.74, 6) is 0. The molecule has 3 heterocycles. The summed E-state index contributed by atoms with van der Waals surface area (Å²) in [6.45, 7) is -0.468. The number of ether oxygens (including phenoxy) is 1. The number of hydrogen-bond donors (Lipinski definition) is 3. The summed E-state index contributed by atoms with van der Waals surface area (Å²) in [7, 11) is 0. The van der Waals surface area contributed by atoms with Crippen molar-refractivity contribution in [2.45, 2.75) is 34.7 Å². The van der Waals surface area contributed by atoms with Gasteiger partial charge >= 0.3 is 0 Å². The lowest BCUT2D eigenvalue weighted by molar-refractivity contribution is -0.178. The third-order valence-corrected chi connectivity index (χ3v) is 7.15. The number of thioether (sulfide) groups is 1. The molecule has 0 spiro atoms. The highest BCUT2D eigenvalue weighted by atomic mass is 35.5. The number of nitrogens with zero attached hydrogens (tertiary/aromatic N) is 5. The maximum Gasteiger partial charge on any atom is 0.147 e. The number of aliphatic hydroxyl groups is 3. The highest BCUT2D eigenvalue weighted by Crippen LogP contribution is 2.39. The summed E-state index contributed by atoms with van der Waals surface area (Å²) in [5, 5.41) is 51.5. The van der Waals surface area contributed by atoms with Crippen molar-refractivity contribution in [3.8, 4) is 16.8 Å². The average Bonchev–Trinajstić information content (AvgIpc) is 3.39. The number of aliphatic hydroxyl groups excluding tert-OH is 3. The van der Waals surface area contributed by atoms with Gasteiger partial charge < -0.3 is 20.1 Å². The molecule has 31 heavy (non-hydrogen) atoms. The van der Waals surface area contributed by atoms with Crippen LogP contribution in [-0.4, -0.2) is 65.7 Å². The molecule has 13 heteroatoms. The van der Waals surface area contributed by atoms with Crippen LogP contribution in [0.2, 0.25) is 10.2 Å². The summed E-state index contributed by atoms with van der Waals surface area (Å²) in [6.07, 6.45) is -1.90. The number of aromatic nitrogens is 4. The molecule has 2 unspecified atom stereocenters. The zero-order chi connectivity index (χ0) is 22.1. The second-order valence-corrected chi connectivity index (χ2v) is 9.52. The van der Waals surface area contributed by atoms with Gasteiger partial charge in [-0.3, -0.25) is 0 Å². The molecule has 0 aliphatic carbocycles. The van der Waals surface area contributed by atoms with Crippen LogP contribution in [0, 0.1) is 11.3 Å². The number of hydrogen-bond acceptors (Lipinski definition) is 10. The van der Waals surface area contributed by atoms with Crippen molar-refractivity contribution in [1.82, 2.24) is 20.0 Å². The SMILES string of the molecule is N#Cc1cc(Cl)cc(S[C@H]2OC(CO)[C@H](O)[C@H](n3cc(-c4nc(Cl)cs4)nn3)C2O)c1. The van der Waals surface area contributed by atoms with Crippen LogP contribution in [-0.2, 0) is 4.74 Å². The molecular weight excluding hydrogens is 485 g/mol. The average molecular weight is 500 g/mol. The van der Waals surface area contributed by atoms with Crippen LogP contribution in [0.25, 0.3) is 10.7 Å². The van der Waals surface area contributed by atoms with E-state index in [1.54, 1.807) is 23.7 Å². The first-order valence-corrected chi connectivity index (χ1v) is 11.4. The highest BCUT2D eigenvalue weighted by Gasteiger charge is 2.46. The molecule has 0 bridgehead atoms. The Morgan fingerprint density at radius 3 is 2.74 bits per heavy atom. The number of thiazole rings is 1. The normalized spacial score (nSPS) is 26.0. The minimum Gasteiger partial charge on any atom is -0.394 e. The van der Waals surface area contributed by atoms with Crippen LogP contribution in [0.4, 0.5) is 0 Å². The van der Waals surface area contributed by atoms with E-state index in [0.29, 0.717) is 31.3 Å². The third-order valence-electron chi connectivity index (χ3n) is 4.61. The monoisotopic (exact) mass is 499 g/mol. The predicted octanol–water partition coefficient (Wildman–Crippen LogP) is 2.35. The maximum atomic E-state index is 11.0. The number of rotatable bonds is 5. The van der Waals surface area contributed by atoms with E-state index in [9.17, 15) is 15.3 Å². The Balaban J connectivity index is 1.62. The van der Waals surface area contributed by atoms with Crippen LogP contribution in [0.1, 0.15) is 11.6 Å². The molecule has 1 aliphatic rings. The van der Waals surface area contributed by atoms with Crippen molar-refractivity contribution >= 4 is 46.3 Å². The number of benzene rings is 1. The Bertz CT molecular complexity index is 1120. The minimum atomic E-state index is -1.25. The molecule has 3 aromatic rings. The van der Waals surface area contributed by atoms with Gasteiger partial charge in [-0.15, -0.1) is 16.4 Å². The van der Waals surface area contributed by atoms with Crippen LogP contribution < -0.4 is 0 Å². The van der Waals surface area contributed by atoms with Gasteiger partial charge in [-0.1, -0.05) is 40.2 Å². The second kappa shape index (κ2) is 9.40. The van der Waals surface area contributed by atoms with E-state index in [-0.39, 0.29) is 0 Å². The molecule has 4 rings (SSSR count). The Kier molecular flexibility index (Phi) is 6.80. The lowest BCUT2D eigenvalue weighted by atomic mass is 9.97. The zero-order valence-corrected chi connectivity index (χ0v) is 18.7. The minimum absolute atomic E-state index is 0.329. The topological polar surface area (TPSA) is 137 Å². The molecule has 1 aromatic carbocycles. The predicted molar refractivity (Wildman–Crippen MR) is 115 cm³/mol. The van der Waals surface area contributed by atoms with E-state index in [2.05, 4.69) is 15.3 Å². The summed E-state index contributed by atoms with van der Waals surface area (Å²) < 4.78 is 7.05. The first kappa shape index (κ1) is 22.4. The van der Waals surface area contributed by atoms with E-state index in [1.165, 1.54) is 22.1 Å². The quantitative estimate of drug-likeness (QED) is 0.482. The van der Waals surface area contributed by atoms with E-state index in [1.807, 2.05) is 6.07 Å². The molecular formula is C18H15Cl2N5O4S2. The van der Waals surface area contributed by atoms with Gasteiger partial charge in [-0.2, -0.15) is 5.26 Å². The molecule has 1 fully saturated rings. The molecule has 0 saturated carbocycles. The van der Waals surface area contributed by atoms with Crippen molar-refractivity contribution in [3.05, 3.63) is 45.5 Å². The van der Waals surface area contributed by atoms with E-state index >= 15 is 0 Å². The fourth-order valence-electron chi connectivity index (χ4n) is 3.20. The molecule has 1 saturated heterocycles. The highest BCUT2D eigenvalue weighted by molar-refractivity contribution is 7.99. The Labute approximate surface area is 194 Å². The van der Waals surface area contributed by atoms with Gasteiger partial charge in [-0.25, -0.2) is 9.67 Å². The molecule has 2 aromatic heterocycles. The van der Waals surface area contributed by atoms with Crippen LogP contribution >= 0.6 is 46.3 Å². The van der Waals surface area contributed by atoms with Gasteiger partial charge in [0.2, 0.25) is 0 Å². The van der Waals surface area contributed by atoms with Crippen LogP contribution in [0.15, 0.2) is 34.7 Å². The van der Waals surface area contributed by atoms with Crippen molar-refractivity contribution in [2.75, 3.05) is 6.61 Å². The van der Waals surface area contributed by atoms with Gasteiger partial charge in [0, 0.05) is 15.3 Å². The van der Waals surface area contributed by atoms with Crippen LogP contribution in [0.3, 0.4) is 0 Å².